The van der Waals surface area contributed by atoms with Crippen LogP contribution in [-0.4, -0.2) is 34.3 Å². The van der Waals surface area contributed by atoms with E-state index in [1.54, 1.807) is 20.8 Å². The van der Waals surface area contributed by atoms with E-state index in [0.29, 0.717) is 11.5 Å². The van der Waals surface area contributed by atoms with Gasteiger partial charge in [0.05, 0.1) is 6.54 Å². The van der Waals surface area contributed by atoms with E-state index in [0.717, 1.165) is 5.56 Å². The maximum absolute atomic E-state index is 12.2. The Morgan fingerprint density at radius 2 is 1.95 bits per heavy atom. The van der Waals surface area contributed by atoms with Crippen molar-refractivity contribution in [3.63, 3.8) is 0 Å². The van der Waals surface area contributed by atoms with Gasteiger partial charge in [0, 0.05) is 5.92 Å². The van der Waals surface area contributed by atoms with Crippen molar-refractivity contribution in [2.24, 2.45) is 11.8 Å². The maximum Gasteiger partial charge on any atom is 0.319 e. The highest BCUT2D eigenvalue weighted by molar-refractivity contribution is 5.99. The number of carbonyl (C=O) groups excluding carboxylic acids is 2. The highest BCUT2D eigenvalue weighted by Gasteiger charge is 2.46. The van der Waals surface area contributed by atoms with E-state index >= 15 is 0 Å². The standard InChI is InChI=1S/C16H21NO4/c1-16(2,3)21-15(19)13-12(10-17(20)14(13)18)9-11-7-5-4-6-8-11/h4-8,12-13,20H,9-10H2,1-3H3/t12-,13+/m1/s1. The van der Waals surface area contributed by atoms with Gasteiger partial charge in [-0.2, -0.15) is 0 Å². The second kappa shape index (κ2) is 5.85. The minimum absolute atomic E-state index is 0.150. The van der Waals surface area contributed by atoms with Gasteiger partial charge in [-0.3, -0.25) is 14.8 Å². The molecule has 1 aliphatic rings. The number of ether oxygens (including phenoxy) is 1. The van der Waals surface area contributed by atoms with E-state index < -0.39 is 23.4 Å². The predicted octanol–water partition coefficient (Wildman–Crippen LogP) is 2.03. The van der Waals surface area contributed by atoms with E-state index in [-0.39, 0.29) is 12.5 Å². The highest BCUT2D eigenvalue weighted by atomic mass is 16.6. The summed E-state index contributed by atoms with van der Waals surface area (Å²) < 4.78 is 5.31. The summed E-state index contributed by atoms with van der Waals surface area (Å²) in [7, 11) is 0. The van der Waals surface area contributed by atoms with Crippen LogP contribution in [0.5, 0.6) is 0 Å². The van der Waals surface area contributed by atoms with Gasteiger partial charge in [-0.25, -0.2) is 5.06 Å². The Labute approximate surface area is 124 Å². The third-order valence-corrected chi connectivity index (χ3v) is 3.40. The van der Waals surface area contributed by atoms with Crippen molar-refractivity contribution in [2.75, 3.05) is 6.54 Å². The number of hydroxylamine groups is 2. The molecule has 1 heterocycles. The number of hydrogen-bond acceptors (Lipinski definition) is 4. The molecule has 1 N–H and O–H groups in total. The molecule has 0 radical (unpaired) electrons. The number of esters is 1. The third kappa shape index (κ3) is 3.82. The van der Waals surface area contributed by atoms with E-state index in [1.807, 2.05) is 30.3 Å². The summed E-state index contributed by atoms with van der Waals surface area (Å²) in [6.45, 7) is 5.42. The molecule has 0 aliphatic carbocycles. The van der Waals surface area contributed by atoms with Gasteiger partial charge in [-0.15, -0.1) is 0 Å². The van der Waals surface area contributed by atoms with Gasteiger partial charge in [0.1, 0.15) is 11.5 Å². The van der Waals surface area contributed by atoms with Crippen molar-refractivity contribution in [3.05, 3.63) is 35.9 Å². The molecule has 0 bridgehead atoms. The van der Waals surface area contributed by atoms with Crippen molar-refractivity contribution >= 4 is 11.9 Å². The van der Waals surface area contributed by atoms with Crippen LogP contribution in [0.1, 0.15) is 26.3 Å². The van der Waals surface area contributed by atoms with E-state index in [4.69, 9.17) is 4.74 Å². The molecule has 0 aromatic heterocycles. The van der Waals surface area contributed by atoms with Crippen molar-refractivity contribution in [1.82, 2.24) is 5.06 Å². The monoisotopic (exact) mass is 291 g/mol. The fraction of sp³-hybridized carbons (Fsp3) is 0.500. The molecular weight excluding hydrogens is 270 g/mol. The number of amides is 1. The molecule has 114 valence electrons. The van der Waals surface area contributed by atoms with Gasteiger partial charge < -0.3 is 4.74 Å². The van der Waals surface area contributed by atoms with Crippen LogP contribution in [0.4, 0.5) is 0 Å². The first-order valence-electron chi connectivity index (χ1n) is 7.05. The van der Waals surface area contributed by atoms with Crippen LogP contribution in [0.2, 0.25) is 0 Å². The first-order valence-corrected chi connectivity index (χ1v) is 7.05. The molecule has 0 spiro atoms. The van der Waals surface area contributed by atoms with Gasteiger partial charge in [-0.1, -0.05) is 30.3 Å². The van der Waals surface area contributed by atoms with Gasteiger partial charge in [0.25, 0.3) is 5.91 Å². The molecule has 5 nitrogen and oxygen atoms in total. The van der Waals surface area contributed by atoms with Gasteiger partial charge in [-0.05, 0) is 32.8 Å². The fourth-order valence-corrected chi connectivity index (χ4v) is 2.54. The molecule has 1 amide bonds. The van der Waals surface area contributed by atoms with E-state index in [1.165, 1.54) is 0 Å². The number of rotatable bonds is 3. The van der Waals surface area contributed by atoms with Crippen molar-refractivity contribution in [3.8, 4) is 0 Å². The second-order valence-corrected chi connectivity index (χ2v) is 6.38. The largest absolute Gasteiger partial charge is 0.459 e. The first-order chi connectivity index (χ1) is 9.78. The van der Waals surface area contributed by atoms with Crippen LogP contribution in [0, 0.1) is 11.8 Å². The van der Waals surface area contributed by atoms with Crippen LogP contribution in [-0.2, 0) is 20.7 Å². The number of hydrogen-bond donors (Lipinski definition) is 1. The van der Waals surface area contributed by atoms with Crippen LogP contribution in [0.15, 0.2) is 30.3 Å². The Kier molecular flexibility index (Phi) is 4.32. The minimum Gasteiger partial charge on any atom is -0.459 e. The highest BCUT2D eigenvalue weighted by Crippen LogP contribution is 2.29. The average molecular weight is 291 g/mol. The Bertz CT molecular complexity index is 521. The molecule has 1 saturated heterocycles. The molecule has 21 heavy (non-hydrogen) atoms. The van der Waals surface area contributed by atoms with E-state index in [9.17, 15) is 14.8 Å². The van der Waals surface area contributed by atoms with E-state index in [2.05, 4.69) is 0 Å². The molecule has 0 saturated carbocycles. The Hall–Kier alpha value is -1.88. The quantitative estimate of drug-likeness (QED) is 0.526. The average Bonchev–Trinajstić information content (AvgIpc) is 2.64. The molecule has 2 rings (SSSR count). The number of benzene rings is 1. The lowest BCUT2D eigenvalue weighted by molar-refractivity contribution is -0.170. The molecule has 1 aromatic carbocycles. The van der Waals surface area contributed by atoms with Crippen molar-refractivity contribution < 1.29 is 19.5 Å². The molecule has 1 aliphatic heterocycles. The molecule has 0 unspecified atom stereocenters. The SMILES string of the molecule is CC(C)(C)OC(=O)[C@@H]1C(=O)N(O)C[C@H]1Cc1ccccc1. The van der Waals surface area contributed by atoms with Crippen LogP contribution in [0.25, 0.3) is 0 Å². The van der Waals surface area contributed by atoms with Crippen LogP contribution >= 0.6 is 0 Å². The van der Waals surface area contributed by atoms with Crippen molar-refractivity contribution in [1.29, 1.82) is 0 Å². The molecule has 5 heteroatoms. The summed E-state index contributed by atoms with van der Waals surface area (Å²) >= 11 is 0. The Balaban J connectivity index is 2.15. The predicted molar refractivity (Wildman–Crippen MR) is 76.5 cm³/mol. The fourth-order valence-electron chi connectivity index (χ4n) is 2.54. The third-order valence-electron chi connectivity index (χ3n) is 3.40. The lowest BCUT2D eigenvalue weighted by Crippen LogP contribution is -2.35. The number of nitrogens with zero attached hydrogens (tertiary/aromatic N) is 1. The summed E-state index contributed by atoms with van der Waals surface area (Å²) in [5.41, 5.74) is 0.372. The summed E-state index contributed by atoms with van der Waals surface area (Å²) in [6, 6.07) is 9.61. The zero-order chi connectivity index (χ0) is 15.6. The normalized spacial score (nSPS) is 22.5. The maximum atomic E-state index is 12.2. The smallest absolute Gasteiger partial charge is 0.319 e. The Morgan fingerprint density at radius 3 is 2.52 bits per heavy atom. The lowest BCUT2D eigenvalue weighted by Gasteiger charge is -2.23. The number of carbonyl (C=O) groups is 2. The van der Waals surface area contributed by atoms with Gasteiger partial charge in [0.2, 0.25) is 0 Å². The summed E-state index contributed by atoms with van der Waals surface area (Å²) in [6.07, 6.45) is 0.549. The summed E-state index contributed by atoms with van der Waals surface area (Å²) in [5.74, 6) is -2.36. The molecule has 2 atom stereocenters. The van der Waals surface area contributed by atoms with Gasteiger partial charge in [0.15, 0.2) is 0 Å². The Morgan fingerprint density at radius 1 is 1.33 bits per heavy atom. The lowest BCUT2D eigenvalue weighted by atomic mass is 9.89. The molecule has 1 fully saturated rings. The molecule has 1 aromatic rings. The first kappa shape index (κ1) is 15.5. The molecular formula is C16H21NO4. The van der Waals surface area contributed by atoms with Crippen LogP contribution in [0.3, 0.4) is 0 Å². The second-order valence-electron chi connectivity index (χ2n) is 6.38. The minimum atomic E-state index is -0.936. The van der Waals surface area contributed by atoms with Crippen molar-refractivity contribution in [2.45, 2.75) is 32.8 Å². The van der Waals surface area contributed by atoms with Crippen LogP contribution < -0.4 is 0 Å². The zero-order valence-corrected chi connectivity index (χ0v) is 12.6. The summed E-state index contributed by atoms with van der Waals surface area (Å²) in [4.78, 5) is 24.2. The van der Waals surface area contributed by atoms with Gasteiger partial charge >= 0.3 is 5.97 Å². The summed E-state index contributed by atoms with van der Waals surface area (Å²) in [5, 5.41) is 10.3. The zero-order valence-electron chi connectivity index (χ0n) is 12.6. The topological polar surface area (TPSA) is 66.8 Å².